The van der Waals surface area contributed by atoms with E-state index in [1.54, 1.807) is 7.11 Å². The number of nitrogens with one attached hydrogen (secondary N) is 1. The first-order valence-electron chi connectivity index (χ1n) is 6.66. The second-order valence-electron chi connectivity index (χ2n) is 5.67. The van der Waals surface area contributed by atoms with Gasteiger partial charge < -0.3 is 9.64 Å². The Morgan fingerprint density at radius 3 is 2.59 bits per heavy atom. The van der Waals surface area contributed by atoms with Crippen LogP contribution >= 0.6 is 0 Å². The number of carbonyl (C=O) groups excluding carboxylic acids is 1. The van der Waals surface area contributed by atoms with Crippen LogP contribution in [-0.2, 0) is 9.53 Å². The van der Waals surface area contributed by atoms with E-state index in [9.17, 15) is 4.79 Å². The van der Waals surface area contributed by atoms with Gasteiger partial charge in [0.2, 0.25) is 5.91 Å². The molecule has 4 nitrogen and oxygen atoms in total. The molecule has 1 N–H and O–H groups in total. The van der Waals surface area contributed by atoms with Crippen molar-refractivity contribution < 1.29 is 9.53 Å². The first-order chi connectivity index (χ1) is 8.10. The number of rotatable bonds is 4. The average molecular weight is 240 g/mol. The van der Waals surface area contributed by atoms with Crippen LogP contribution in [0.5, 0.6) is 0 Å². The zero-order valence-corrected chi connectivity index (χ0v) is 11.2. The highest BCUT2D eigenvalue weighted by atomic mass is 16.5. The van der Waals surface area contributed by atoms with Gasteiger partial charge in [0, 0.05) is 7.11 Å². The Morgan fingerprint density at radius 2 is 2.06 bits per heavy atom. The average Bonchev–Trinajstić information content (AvgIpc) is 2.87. The van der Waals surface area contributed by atoms with E-state index >= 15 is 0 Å². The molecule has 1 saturated heterocycles. The summed E-state index contributed by atoms with van der Waals surface area (Å²) in [6, 6.07) is 0.194. The standard InChI is InChI=1S/C13H24N2O2/c1-10(2)11(8-17-3)15-9-14-13(12(15)16)6-4-5-7-13/h10-11,14H,4-9H2,1-3H3. The van der Waals surface area contributed by atoms with Gasteiger partial charge in [-0.05, 0) is 18.8 Å². The first kappa shape index (κ1) is 12.8. The summed E-state index contributed by atoms with van der Waals surface area (Å²) in [5, 5.41) is 3.45. The molecule has 0 aromatic heterocycles. The lowest BCUT2D eigenvalue weighted by molar-refractivity contribution is -0.136. The Labute approximate surface area is 104 Å². The number of nitrogens with zero attached hydrogens (tertiary/aromatic N) is 1. The van der Waals surface area contributed by atoms with Gasteiger partial charge in [-0.25, -0.2) is 0 Å². The van der Waals surface area contributed by atoms with Gasteiger partial charge in [0.1, 0.15) is 0 Å². The van der Waals surface area contributed by atoms with Crippen molar-refractivity contribution in [1.29, 1.82) is 0 Å². The predicted molar refractivity (Wildman–Crippen MR) is 66.5 cm³/mol. The number of hydrogen-bond acceptors (Lipinski definition) is 3. The van der Waals surface area contributed by atoms with Crippen molar-refractivity contribution in [2.45, 2.75) is 51.1 Å². The zero-order valence-electron chi connectivity index (χ0n) is 11.2. The second kappa shape index (κ2) is 4.94. The summed E-state index contributed by atoms with van der Waals surface area (Å²) < 4.78 is 5.26. The zero-order chi connectivity index (χ0) is 12.5. The number of amides is 1. The molecule has 1 unspecified atom stereocenters. The van der Waals surface area contributed by atoms with Crippen LogP contribution in [0.2, 0.25) is 0 Å². The van der Waals surface area contributed by atoms with Crippen LogP contribution in [0.25, 0.3) is 0 Å². The quantitative estimate of drug-likeness (QED) is 0.806. The van der Waals surface area contributed by atoms with E-state index in [0.29, 0.717) is 25.1 Å². The molecule has 1 amide bonds. The second-order valence-corrected chi connectivity index (χ2v) is 5.67. The van der Waals surface area contributed by atoms with Crippen molar-refractivity contribution >= 4 is 5.91 Å². The van der Waals surface area contributed by atoms with Crippen LogP contribution in [0.3, 0.4) is 0 Å². The fourth-order valence-corrected chi connectivity index (χ4v) is 3.11. The molecule has 0 aromatic rings. The summed E-state index contributed by atoms with van der Waals surface area (Å²) >= 11 is 0. The summed E-state index contributed by atoms with van der Waals surface area (Å²) in [6.07, 6.45) is 4.34. The lowest BCUT2D eigenvalue weighted by Gasteiger charge is -2.31. The highest BCUT2D eigenvalue weighted by Gasteiger charge is 2.49. The largest absolute Gasteiger partial charge is 0.383 e. The molecule has 2 rings (SSSR count). The maximum Gasteiger partial charge on any atom is 0.244 e. The molecule has 0 radical (unpaired) electrons. The summed E-state index contributed by atoms with van der Waals surface area (Å²) in [5.41, 5.74) is -0.235. The maximum absolute atomic E-state index is 12.6. The number of ether oxygens (including phenoxy) is 1. The smallest absolute Gasteiger partial charge is 0.244 e. The van der Waals surface area contributed by atoms with Crippen molar-refractivity contribution in [2.24, 2.45) is 5.92 Å². The van der Waals surface area contributed by atoms with Crippen LogP contribution in [0, 0.1) is 5.92 Å². The normalized spacial score (nSPS) is 25.2. The van der Waals surface area contributed by atoms with Gasteiger partial charge >= 0.3 is 0 Å². The van der Waals surface area contributed by atoms with Crippen molar-refractivity contribution in [1.82, 2.24) is 10.2 Å². The van der Waals surface area contributed by atoms with E-state index in [1.807, 2.05) is 4.90 Å². The van der Waals surface area contributed by atoms with Crippen LogP contribution in [0.4, 0.5) is 0 Å². The van der Waals surface area contributed by atoms with E-state index in [4.69, 9.17) is 4.74 Å². The molecule has 1 aliphatic heterocycles. The van der Waals surface area contributed by atoms with Gasteiger partial charge in [0.25, 0.3) is 0 Å². The molecule has 0 aromatic carbocycles. The summed E-state index contributed by atoms with van der Waals surface area (Å²) in [4.78, 5) is 14.5. The maximum atomic E-state index is 12.6. The van der Waals surface area contributed by atoms with Crippen molar-refractivity contribution in [3.63, 3.8) is 0 Å². The number of hydrogen-bond donors (Lipinski definition) is 1. The predicted octanol–water partition coefficient (Wildman–Crippen LogP) is 1.36. The Morgan fingerprint density at radius 1 is 1.41 bits per heavy atom. The fourth-order valence-electron chi connectivity index (χ4n) is 3.11. The van der Waals surface area contributed by atoms with Gasteiger partial charge in [-0.15, -0.1) is 0 Å². The molecule has 0 bridgehead atoms. The Kier molecular flexibility index (Phi) is 3.73. The van der Waals surface area contributed by atoms with Crippen LogP contribution < -0.4 is 5.32 Å². The fraction of sp³-hybridized carbons (Fsp3) is 0.923. The van der Waals surface area contributed by atoms with E-state index < -0.39 is 0 Å². The molecular formula is C13H24N2O2. The molecule has 98 valence electrons. The van der Waals surface area contributed by atoms with Gasteiger partial charge in [0.05, 0.1) is 24.9 Å². The van der Waals surface area contributed by atoms with Gasteiger partial charge in [-0.1, -0.05) is 26.7 Å². The molecule has 2 aliphatic rings. The molecule has 17 heavy (non-hydrogen) atoms. The Hall–Kier alpha value is -0.610. The molecule has 1 heterocycles. The molecule has 2 fully saturated rings. The molecule has 1 atom stereocenters. The third-order valence-corrected chi connectivity index (χ3v) is 4.22. The summed E-state index contributed by atoms with van der Waals surface area (Å²) in [6.45, 7) is 5.61. The first-order valence-corrected chi connectivity index (χ1v) is 6.66. The van der Waals surface area contributed by atoms with Crippen molar-refractivity contribution in [3.05, 3.63) is 0 Å². The number of methoxy groups -OCH3 is 1. The number of carbonyl (C=O) groups is 1. The molecule has 1 spiro atoms. The summed E-state index contributed by atoms with van der Waals surface area (Å²) in [5.74, 6) is 0.725. The monoisotopic (exact) mass is 240 g/mol. The third kappa shape index (κ3) is 2.20. The van der Waals surface area contributed by atoms with E-state index in [0.717, 1.165) is 12.8 Å². The van der Waals surface area contributed by atoms with Crippen LogP contribution in [0.1, 0.15) is 39.5 Å². The SMILES string of the molecule is COCC(C(C)C)N1CNC2(CCCC2)C1=O. The van der Waals surface area contributed by atoms with Crippen molar-refractivity contribution in [3.8, 4) is 0 Å². The third-order valence-electron chi connectivity index (χ3n) is 4.22. The van der Waals surface area contributed by atoms with Crippen LogP contribution in [-0.4, -0.2) is 42.8 Å². The van der Waals surface area contributed by atoms with E-state index in [1.165, 1.54) is 12.8 Å². The Balaban J connectivity index is 2.09. The minimum absolute atomic E-state index is 0.194. The molecular weight excluding hydrogens is 216 g/mol. The molecule has 4 heteroatoms. The van der Waals surface area contributed by atoms with E-state index in [-0.39, 0.29) is 11.6 Å². The molecule has 1 saturated carbocycles. The van der Waals surface area contributed by atoms with Crippen molar-refractivity contribution in [2.75, 3.05) is 20.4 Å². The highest BCUT2D eigenvalue weighted by molar-refractivity contribution is 5.89. The minimum Gasteiger partial charge on any atom is -0.383 e. The highest BCUT2D eigenvalue weighted by Crippen LogP contribution is 2.35. The summed E-state index contributed by atoms with van der Waals surface area (Å²) in [7, 11) is 1.70. The van der Waals surface area contributed by atoms with Gasteiger partial charge in [-0.2, -0.15) is 0 Å². The van der Waals surface area contributed by atoms with E-state index in [2.05, 4.69) is 19.2 Å². The minimum atomic E-state index is -0.235. The van der Waals surface area contributed by atoms with Crippen LogP contribution in [0.15, 0.2) is 0 Å². The van der Waals surface area contributed by atoms with Gasteiger partial charge in [-0.3, -0.25) is 10.1 Å². The molecule has 1 aliphatic carbocycles. The topological polar surface area (TPSA) is 41.6 Å². The Bertz CT molecular complexity index is 285. The lowest BCUT2D eigenvalue weighted by atomic mass is 9.96. The lowest BCUT2D eigenvalue weighted by Crippen LogP contribution is -2.48. The van der Waals surface area contributed by atoms with Gasteiger partial charge in [0.15, 0.2) is 0 Å².